The minimum atomic E-state index is -0.389. The lowest BCUT2D eigenvalue weighted by atomic mass is 10.1. The Bertz CT molecular complexity index is 470. The van der Waals surface area contributed by atoms with Gasteiger partial charge in [0.2, 0.25) is 0 Å². The van der Waals surface area contributed by atoms with Crippen molar-refractivity contribution in [2.45, 2.75) is 37.1 Å². The van der Waals surface area contributed by atoms with Crippen LogP contribution < -0.4 is 5.32 Å². The highest BCUT2D eigenvalue weighted by molar-refractivity contribution is 7.99. The smallest absolute Gasteiger partial charge is 0.269 e. The summed E-state index contributed by atoms with van der Waals surface area (Å²) >= 11 is 7.97. The fourth-order valence-corrected chi connectivity index (χ4v) is 3.64. The predicted octanol–water partition coefficient (Wildman–Crippen LogP) is 3.62. The third kappa shape index (κ3) is 3.61. The molecule has 2 rings (SSSR count). The van der Waals surface area contributed by atoms with Crippen molar-refractivity contribution in [1.82, 2.24) is 5.32 Å². The zero-order valence-electron chi connectivity index (χ0n) is 10.8. The van der Waals surface area contributed by atoms with E-state index in [1.54, 1.807) is 12.1 Å². The fraction of sp³-hybridized carbons (Fsp3) is 0.538. The first-order valence-corrected chi connectivity index (χ1v) is 7.97. The Kier molecular flexibility index (Phi) is 5.07. The molecule has 1 fully saturated rings. The Morgan fingerprint density at radius 2 is 2.32 bits per heavy atom. The summed E-state index contributed by atoms with van der Waals surface area (Å²) in [5.74, 6) is 0. The largest absolute Gasteiger partial charge is 0.309 e. The molecule has 0 amide bonds. The van der Waals surface area contributed by atoms with Gasteiger partial charge in [-0.1, -0.05) is 18.0 Å². The van der Waals surface area contributed by atoms with E-state index in [0.29, 0.717) is 22.9 Å². The van der Waals surface area contributed by atoms with Gasteiger partial charge in [0.1, 0.15) is 0 Å². The number of non-ortho nitro benzene ring substituents is 1. The number of nitrogens with one attached hydrogen (secondary N) is 1. The van der Waals surface area contributed by atoms with Crippen molar-refractivity contribution in [1.29, 1.82) is 0 Å². The van der Waals surface area contributed by atoms with Gasteiger partial charge < -0.3 is 5.32 Å². The molecule has 0 spiro atoms. The maximum Gasteiger partial charge on any atom is 0.269 e. The summed E-state index contributed by atoms with van der Waals surface area (Å²) in [5.41, 5.74) is 0.886. The number of hydrogen-bond donors (Lipinski definition) is 1. The van der Waals surface area contributed by atoms with Gasteiger partial charge in [-0.3, -0.25) is 10.1 Å². The highest BCUT2D eigenvalue weighted by atomic mass is 35.5. The Balaban J connectivity index is 2.02. The quantitative estimate of drug-likeness (QED) is 0.666. The van der Waals surface area contributed by atoms with Crippen molar-refractivity contribution in [2.24, 2.45) is 0 Å². The predicted molar refractivity (Wildman–Crippen MR) is 79.9 cm³/mol. The van der Waals surface area contributed by atoms with E-state index in [0.717, 1.165) is 12.0 Å². The van der Waals surface area contributed by atoms with Crippen LogP contribution in [0.1, 0.15) is 24.8 Å². The Labute approximate surface area is 122 Å². The van der Waals surface area contributed by atoms with Crippen molar-refractivity contribution in [2.75, 3.05) is 6.26 Å². The maximum atomic E-state index is 10.8. The lowest BCUT2D eigenvalue weighted by Crippen LogP contribution is -2.33. The number of thioether (sulfide) groups is 1. The first-order valence-electron chi connectivity index (χ1n) is 6.31. The normalized spacial score (nSPS) is 22.6. The molecule has 104 valence electrons. The molecule has 0 aliphatic heterocycles. The van der Waals surface area contributed by atoms with Gasteiger partial charge in [0.15, 0.2) is 0 Å². The van der Waals surface area contributed by atoms with Crippen molar-refractivity contribution in [3.05, 3.63) is 38.9 Å². The molecule has 0 bridgehead atoms. The molecular formula is C13H17ClN2O2S. The molecule has 0 saturated heterocycles. The molecule has 1 aliphatic rings. The molecule has 0 radical (unpaired) electrons. The zero-order chi connectivity index (χ0) is 13.8. The van der Waals surface area contributed by atoms with Crippen LogP contribution in [0, 0.1) is 10.1 Å². The first kappa shape index (κ1) is 14.6. The number of halogens is 1. The molecule has 1 aromatic carbocycles. The van der Waals surface area contributed by atoms with Crippen molar-refractivity contribution < 1.29 is 4.92 Å². The second kappa shape index (κ2) is 6.59. The molecule has 19 heavy (non-hydrogen) atoms. The van der Waals surface area contributed by atoms with Crippen LogP contribution in [0.5, 0.6) is 0 Å². The minimum absolute atomic E-state index is 0.0917. The number of hydrogen-bond acceptors (Lipinski definition) is 4. The van der Waals surface area contributed by atoms with Gasteiger partial charge >= 0.3 is 0 Å². The molecule has 1 N–H and O–H groups in total. The van der Waals surface area contributed by atoms with Gasteiger partial charge in [-0.25, -0.2) is 0 Å². The SMILES string of the molecule is CSC1CCCC1NCc1cc([N+](=O)[O-])ccc1Cl. The third-order valence-corrected chi connectivity index (χ3v) is 5.09. The number of nitro groups is 1. The number of nitro benzene ring substituents is 1. The van der Waals surface area contributed by atoms with Crippen LogP contribution in [0.4, 0.5) is 5.69 Å². The number of benzene rings is 1. The standard InChI is InChI=1S/C13H17ClN2O2S/c1-19-13-4-2-3-12(13)15-8-9-7-10(16(17)18)5-6-11(9)14/h5-7,12-13,15H,2-4,8H2,1H3. The molecule has 4 nitrogen and oxygen atoms in total. The molecule has 1 aromatic rings. The summed E-state index contributed by atoms with van der Waals surface area (Å²) < 4.78 is 0. The highest BCUT2D eigenvalue weighted by Gasteiger charge is 2.26. The highest BCUT2D eigenvalue weighted by Crippen LogP contribution is 2.29. The first-order chi connectivity index (χ1) is 9.11. The van der Waals surface area contributed by atoms with E-state index in [1.165, 1.54) is 18.9 Å². The topological polar surface area (TPSA) is 55.2 Å². The van der Waals surface area contributed by atoms with Gasteiger partial charge in [-0.2, -0.15) is 11.8 Å². The van der Waals surface area contributed by atoms with E-state index in [4.69, 9.17) is 11.6 Å². The molecule has 1 saturated carbocycles. The summed E-state index contributed by atoms with van der Waals surface area (Å²) in [6, 6.07) is 5.06. The molecular weight excluding hydrogens is 284 g/mol. The van der Waals surface area contributed by atoms with Gasteiger partial charge in [0.25, 0.3) is 5.69 Å². The van der Waals surface area contributed by atoms with Crippen LogP contribution in [-0.2, 0) is 6.54 Å². The van der Waals surface area contributed by atoms with Gasteiger partial charge in [0.05, 0.1) is 4.92 Å². The molecule has 2 unspecified atom stereocenters. The molecule has 0 heterocycles. The summed E-state index contributed by atoms with van der Waals surface area (Å²) in [6.45, 7) is 0.586. The van der Waals surface area contributed by atoms with E-state index in [-0.39, 0.29) is 10.6 Å². The van der Waals surface area contributed by atoms with Crippen LogP contribution in [0.2, 0.25) is 5.02 Å². The maximum absolute atomic E-state index is 10.8. The zero-order valence-corrected chi connectivity index (χ0v) is 12.3. The lowest BCUT2D eigenvalue weighted by molar-refractivity contribution is -0.384. The van der Waals surface area contributed by atoms with Crippen molar-refractivity contribution in [3.8, 4) is 0 Å². The average molecular weight is 301 g/mol. The van der Waals surface area contributed by atoms with Crippen LogP contribution in [0.25, 0.3) is 0 Å². The van der Waals surface area contributed by atoms with Crippen molar-refractivity contribution in [3.63, 3.8) is 0 Å². The van der Waals surface area contributed by atoms with Gasteiger partial charge in [0, 0.05) is 35.0 Å². The summed E-state index contributed by atoms with van der Waals surface area (Å²) in [4.78, 5) is 10.4. The van der Waals surface area contributed by atoms with Crippen molar-refractivity contribution >= 4 is 29.1 Å². The van der Waals surface area contributed by atoms with Gasteiger partial charge in [-0.15, -0.1) is 0 Å². The second-order valence-corrected chi connectivity index (χ2v) is 6.21. The summed E-state index contributed by atoms with van der Waals surface area (Å²) in [5, 5.41) is 15.5. The molecule has 0 aromatic heterocycles. The van der Waals surface area contributed by atoms with E-state index in [1.807, 2.05) is 11.8 Å². The third-order valence-electron chi connectivity index (χ3n) is 3.55. The van der Waals surface area contributed by atoms with Crippen LogP contribution in [0.3, 0.4) is 0 Å². The minimum Gasteiger partial charge on any atom is -0.309 e. The fourth-order valence-electron chi connectivity index (χ4n) is 2.49. The molecule has 6 heteroatoms. The molecule has 2 atom stereocenters. The monoisotopic (exact) mass is 300 g/mol. The Morgan fingerprint density at radius 3 is 3.00 bits per heavy atom. The summed E-state index contributed by atoms with van der Waals surface area (Å²) in [6.07, 6.45) is 5.77. The summed E-state index contributed by atoms with van der Waals surface area (Å²) in [7, 11) is 0. The Morgan fingerprint density at radius 1 is 1.53 bits per heavy atom. The van der Waals surface area contributed by atoms with Crippen LogP contribution in [-0.4, -0.2) is 22.5 Å². The Hall–Kier alpha value is -0.780. The molecule has 1 aliphatic carbocycles. The van der Waals surface area contributed by atoms with Crippen LogP contribution in [0.15, 0.2) is 18.2 Å². The van der Waals surface area contributed by atoms with Crippen LogP contribution >= 0.6 is 23.4 Å². The lowest BCUT2D eigenvalue weighted by Gasteiger charge is -2.19. The second-order valence-electron chi connectivity index (χ2n) is 4.73. The van der Waals surface area contributed by atoms with E-state index >= 15 is 0 Å². The van der Waals surface area contributed by atoms with E-state index < -0.39 is 0 Å². The average Bonchev–Trinajstić information content (AvgIpc) is 2.85. The number of nitrogens with zero attached hydrogens (tertiary/aromatic N) is 1. The van der Waals surface area contributed by atoms with E-state index in [9.17, 15) is 10.1 Å². The number of rotatable bonds is 5. The van der Waals surface area contributed by atoms with E-state index in [2.05, 4.69) is 11.6 Å². The van der Waals surface area contributed by atoms with Gasteiger partial charge in [-0.05, 0) is 30.7 Å².